The molecule has 0 unspecified atom stereocenters. The van der Waals surface area contributed by atoms with Crippen molar-refractivity contribution in [2.45, 2.75) is 6.04 Å². The van der Waals surface area contributed by atoms with Gasteiger partial charge in [0, 0.05) is 5.56 Å². The van der Waals surface area contributed by atoms with Gasteiger partial charge >= 0.3 is 0 Å². The molecule has 1 heterocycles. The van der Waals surface area contributed by atoms with Gasteiger partial charge in [0.15, 0.2) is 11.5 Å². The highest BCUT2D eigenvalue weighted by Gasteiger charge is 2.33. The molecule has 1 aliphatic rings. The first-order valence-electron chi connectivity index (χ1n) is 8.21. The Labute approximate surface area is 159 Å². The minimum atomic E-state index is -3.52. The summed E-state index contributed by atoms with van der Waals surface area (Å²) in [4.78, 5) is 0. The molecule has 27 heavy (non-hydrogen) atoms. The topological polar surface area (TPSA) is 77.1 Å². The van der Waals surface area contributed by atoms with E-state index < -0.39 is 16.1 Å². The van der Waals surface area contributed by atoms with Crippen molar-refractivity contribution in [1.29, 1.82) is 0 Å². The zero-order valence-electron chi connectivity index (χ0n) is 15.6. The fourth-order valence-corrected chi connectivity index (χ4v) is 3.82. The van der Waals surface area contributed by atoms with E-state index in [0.717, 1.165) is 11.1 Å². The summed E-state index contributed by atoms with van der Waals surface area (Å²) in [6, 6.07) is 12.2. The van der Waals surface area contributed by atoms with Gasteiger partial charge in [0.2, 0.25) is 10.0 Å². The van der Waals surface area contributed by atoms with Gasteiger partial charge in [0.25, 0.3) is 0 Å². The maximum absolute atomic E-state index is 12.3. The van der Waals surface area contributed by atoms with Crippen LogP contribution in [0.4, 0.5) is 0 Å². The number of hydrazine groups is 1. The first kappa shape index (κ1) is 19.1. The molecule has 1 atom stereocenters. The van der Waals surface area contributed by atoms with E-state index in [1.165, 1.54) is 10.7 Å². The van der Waals surface area contributed by atoms with Crippen molar-refractivity contribution >= 4 is 15.7 Å². The van der Waals surface area contributed by atoms with Crippen LogP contribution in [0.15, 0.2) is 48.5 Å². The Morgan fingerprint density at radius 2 is 1.70 bits per heavy atom. The predicted molar refractivity (Wildman–Crippen MR) is 103 cm³/mol. The van der Waals surface area contributed by atoms with E-state index in [1.54, 1.807) is 33.5 Å². The maximum atomic E-state index is 12.3. The summed E-state index contributed by atoms with van der Waals surface area (Å²) in [6.45, 7) is 0. The molecule has 0 fully saturated rings. The molecule has 0 saturated heterocycles. The molecule has 1 N–H and O–H groups in total. The Morgan fingerprint density at radius 1 is 0.963 bits per heavy atom. The summed E-state index contributed by atoms with van der Waals surface area (Å²) in [5, 5.41) is 0. The molecular formula is C19H22N2O5S. The average Bonchev–Trinajstić information content (AvgIpc) is 3.13. The first-order valence-corrected chi connectivity index (χ1v) is 10.1. The summed E-state index contributed by atoms with van der Waals surface area (Å²) in [5.41, 5.74) is 5.23. The molecule has 0 spiro atoms. The average molecular weight is 390 g/mol. The maximum Gasteiger partial charge on any atom is 0.228 e. The van der Waals surface area contributed by atoms with Crippen LogP contribution in [-0.2, 0) is 10.0 Å². The van der Waals surface area contributed by atoms with Gasteiger partial charge in [0.1, 0.15) is 5.75 Å². The minimum Gasteiger partial charge on any atom is -0.497 e. The summed E-state index contributed by atoms with van der Waals surface area (Å²) < 4.78 is 41.7. The highest BCUT2D eigenvalue weighted by molar-refractivity contribution is 7.88. The first-order chi connectivity index (χ1) is 12.9. The van der Waals surface area contributed by atoms with Gasteiger partial charge in [-0.3, -0.25) is 0 Å². The zero-order chi connectivity index (χ0) is 19.6. The number of methoxy groups -OCH3 is 3. The lowest BCUT2D eigenvalue weighted by atomic mass is 10.0. The van der Waals surface area contributed by atoms with Gasteiger partial charge in [-0.25, -0.2) is 8.42 Å². The molecular weight excluding hydrogens is 368 g/mol. The number of nitrogens with zero attached hydrogens (tertiary/aromatic N) is 1. The summed E-state index contributed by atoms with van der Waals surface area (Å²) >= 11 is 0. The van der Waals surface area contributed by atoms with Crippen LogP contribution < -0.4 is 19.6 Å². The van der Waals surface area contributed by atoms with Crippen molar-refractivity contribution in [1.82, 2.24) is 9.84 Å². The van der Waals surface area contributed by atoms with Crippen LogP contribution in [0.5, 0.6) is 17.2 Å². The quantitative estimate of drug-likeness (QED) is 0.817. The second-order valence-corrected chi connectivity index (χ2v) is 7.90. The molecule has 2 aromatic carbocycles. The normalized spacial score (nSPS) is 17.2. The van der Waals surface area contributed by atoms with Crippen molar-refractivity contribution in [2.75, 3.05) is 27.6 Å². The number of sulfonamides is 1. The fourth-order valence-electron chi connectivity index (χ4n) is 2.96. The number of nitrogens with one attached hydrogen (secondary N) is 1. The van der Waals surface area contributed by atoms with Crippen LogP contribution in [0.2, 0.25) is 0 Å². The zero-order valence-corrected chi connectivity index (χ0v) is 16.4. The Kier molecular flexibility index (Phi) is 5.29. The van der Waals surface area contributed by atoms with Gasteiger partial charge in [-0.05, 0) is 42.0 Å². The minimum absolute atomic E-state index is 0.502. The van der Waals surface area contributed by atoms with E-state index >= 15 is 0 Å². The van der Waals surface area contributed by atoms with Crippen molar-refractivity contribution < 1.29 is 22.6 Å². The third kappa shape index (κ3) is 3.86. The molecule has 0 aromatic heterocycles. The number of benzene rings is 2. The van der Waals surface area contributed by atoms with Crippen LogP contribution in [0.1, 0.15) is 17.2 Å². The van der Waals surface area contributed by atoms with E-state index in [4.69, 9.17) is 14.2 Å². The molecule has 1 aliphatic heterocycles. The number of rotatable bonds is 6. The molecule has 7 nitrogen and oxygen atoms in total. The lowest BCUT2D eigenvalue weighted by Gasteiger charge is -2.23. The smallest absolute Gasteiger partial charge is 0.228 e. The molecule has 0 radical (unpaired) electrons. The number of hydrogen-bond acceptors (Lipinski definition) is 6. The van der Waals surface area contributed by atoms with Crippen molar-refractivity contribution in [3.05, 3.63) is 59.7 Å². The summed E-state index contributed by atoms with van der Waals surface area (Å²) in [5.74, 6) is 1.83. The van der Waals surface area contributed by atoms with Gasteiger partial charge in [-0.15, -0.1) is 4.41 Å². The van der Waals surface area contributed by atoms with E-state index in [2.05, 4.69) is 5.43 Å². The third-order valence-electron chi connectivity index (χ3n) is 4.29. The second kappa shape index (κ2) is 7.50. The lowest BCUT2D eigenvalue weighted by Crippen LogP contribution is -2.38. The van der Waals surface area contributed by atoms with E-state index in [9.17, 15) is 8.42 Å². The monoisotopic (exact) mass is 390 g/mol. The van der Waals surface area contributed by atoms with Crippen molar-refractivity contribution in [2.24, 2.45) is 0 Å². The molecule has 8 heteroatoms. The largest absolute Gasteiger partial charge is 0.497 e. The van der Waals surface area contributed by atoms with Gasteiger partial charge in [-0.1, -0.05) is 12.1 Å². The molecule has 3 rings (SSSR count). The molecule has 0 bridgehead atoms. The van der Waals surface area contributed by atoms with Crippen molar-refractivity contribution in [3.63, 3.8) is 0 Å². The Bertz CT molecular complexity index is 972. The summed E-state index contributed by atoms with van der Waals surface area (Å²) in [7, 11) is 1.18. The molecule has 0 saturated carbocycles. The van der Waals surface area contributed by atoms with Crippen LogP contribution in [-0.4, -0.2) is 40.4 Å². The summed E-state index contributed by atoms with van der Waals surface area (Å²) in [6.07, 6.45) is 3.02. The van der Waals surface area contributed by atoms with Crippen LogP contribution >= 0.6 is 0 Å². The van der Waals surface area contributed by atoms with Gasteiger partial charge < -0.3 is 19.6 Å². The van der Waals surface area contributed by atoms with Gasteiger partial charge in [-0.2, -0.15) is 0 Å². The van der Waals surface area contributed by atoms with Crippen LogP contribution in [0, 0.1) is 0 Å². The Morgan fingerprint density at radius 3 is 2.33 bits per heavy atom. The lowest BCUT2D eigenvalue weighted by molar-refractivity contribution is 0.348. The fraction of sp³-hybridized carbons (Fsp3) is 0.263. The van der Waals surface area contributed by atoms with Gasteiger partial charge in [0.05, 0.1) is 39.3 Å². The second-order valence-electron chi connectivity index (χ2n) is 6.04. The Balaban J connectivity index is 2.04. The molecule has 2 aromatic rings. The third-order valence-corrected chi connectivity index (χ3v) is 5.33. The highest BCUT2D eigenvalue weighted by Crippen LogP contribution is 2.36. The van der Waals surface area contributed by atoms with E-state index in [0.29, 0.717) is 22.9 Å². The number of hydrogen-bond donors (Lipinski definition) is 1. The van der Waals surface area contributed by atoms with E-state index in [-0.39, 0.29) is 0 Å². The van der Waals surface area contributed by atoms with Crippen LogP contribution in [0.25, 0.3) is 5.70 Å². The highest BCUT2D eigenvalue weighted by atomic mass is 32.2. The SMILES string of the molecule is COc1cccc([C@H]2C=C(c3ccc(OC)c(OC)c3)NN2S(C)(=O)=O)c1. The molecule has 0 aliphatic carbocycles. The predicted octanol–water partition coefficient (Wildman–Crippen LogP) is 2.57. The van der Waals surface area contributed by atoms with Crippen LogP contribution in [0.3, 0.4) is 0 Å². The molecule has 144 valence electrons. The van der Waals surface area contributed by atoms with E-state index in [1.807, 2.05) is 36.4 Å². The number of ether oxygens (including phenoxy) is 3. The Hall–Kier alpha value is -2.71. The molecule has 0 amide bonds. The standard InChI is InChI=1S/C19H22N2O5S/c1-24-15-7-5-6-14(10-15)17-12-16(20-21(17)27(4,22)23)13-8-9-18(25-2)19(11-13)26-3/h5-12,17,20H,1-4H3/t17-/m1/s1. The van der Waals surface area contributed by atoms with Crippen molar-refractivity contribution in [3.8, 4) is 17.2 Å².